The molecule has 2 N–H and O–H groups in total. The molecule has 7 heteroatoms. The molecule has 2 aliphatic heterocycles. The normalized spacial score (nSPS) is 32.6. The third-order valence-electron chi connectivity index (χ3n) is 4.37. The highest BCUT2D eigenvalue weighted by Gasteiger charge is 2.33. The minimum absolute atomic E-state index is 0.106. The highest BCUT2D eigenvalue weighted by Crippen LogP contribution is 2.24. The lowest BCUT2D eigenvalue weighted by Gasteiger charge is -2.33. The first-order valence-corrected chi connectivity index (χ1v) is 9.01. The molecule has 0 spiro atoms. The van der Waals surface area contributed by atoms with Gasteiger partial charge in [0.25, 0.3) is 10.2 Å². The third-order valence-corrected chi connectivity index (χ3v) is 6.00. The van der Waals surface area contributed by atoms with Crippen molar-refractivity contribution in [3.63, 3.8) is 0 Å². The van der Waals surface area contributed by atoms with Gasteiger partial charge >= 0.3 is 0 Å². The van der Waals surface area contributed by atoms with E-state index < -0.39 is 10.2 Å². The number of hydrogen-bond acceptors (Lipinski definition) is 4. The highest BCUT2D eigenvalue weighted by atomic mass is 32.2. The Labute approximate surface area is 121 Å². The van der Waals surface area contributed by atoms with E-state index in [1.165, 1.54) is 4.31 Å². The molecule has 2 saturated heterocycles. The summed E-state index contributed by atoms with van der Waals surface area (Å²) >= 11 is 0. The van der Waals surface area contributed by atoms with Gasteiger partial charge in [-0.15, -0.1) is 0 Å². The number of piperidine rings is 1. The fourth-order valence-electron chi connectivity index (χ4n) is 3.15. The predicted octanol–water partition coefficient (Wildman–Crippen LogP) is 0.483. The molecule has 118 valence electrons. The number of ether oxygens (including phenoxy) is 1. The summed E-state index contributed by atoms with van der Waals surface area (Å²) in [6.45, 7) is 3.59. The van der Waals surface area contributed by atoms with Gasteiger partial charge in [0.2, 0.25) is 0 Å². The van der Waals surface area contributed by atoms with Crippen molar-refractivity contribution < 1.29 is 18.3 Å². The van der Waals surface area contributed by atoms with E-state index >= 15 is 0 Å². The van der Waals surface area contributed by atoms with Crippen LogP contribution in [0, 0.1) is 5.92 Å². The van der Waals surface area contributed by atoms with Crippen LogP contribution in [-0.2, 0) is 14.9 Å². The average molecular weight is 306 g/mol. The van der Waals surface area contributed by atoms with Crippen molar-refractivity contribution in [1.82, 2.24) is 9.03 Å². The molecular formula is C13H26N2O4S. The van der Waals surface area contributed by atoms with E-state index in [-0.39, 0.29) is 24.7 Å². The summed E-state index contributed by atoms with van der Waals surface area (Å²) in [6.07, 6.45) is 4.56. The van der Waals surface area contributed by atoms with Crippen molar-refractivity contribution in [2.24, 2.45) is 5.92 Å². The van der Waals surface area contributed by atoms with Crippen LogP contribution in [0.1, 0.15) is 39.0 Å². The Kier molecular flexibility index (Phi) is 5.80. The van der Waals surface area contributed by atoms with E-state index in [2.05, 4.69) is 11.6 Å². The second-order valence-electron chi connectivity index (χ2n) is 5.66. The maximum Gasteiger partial charge on any atom is 0.279 e. The van der Waals surface area contributed by atoms with Gasteiger partial charge in [-0.1, -0.05) is 13.3 Å². The molecule has 0 radical (unpaired) electrons. The van der Waals surface area contributed by atoms with Crippen LogP contribution >= 0.6 is 0 Å². The van der Waals surface area contributed by atoms with Crippen LogP contribution in [-0.4, -0.2) is 56.3 Å². The Balaban J connectivity index is 1.92. The number of nitrogens with zero attached hydrogens (tertiary/aromatic N) is 1. The molecule has 2 aliphatic rings. The highest BCUT2D eigenvalue weighted by molar-refractivity contribution is 7.87. The number of aliphatic hydroxyl groups is 1. The van der Waals surface area contributed by atoms with Crippen molar-refractivity contribution in [2.45, 2.75) is 51.2 Å². The summed E-state index contributed by atoms with van der Waals surface area (Å²) < 4.78 is 34.4. The molecule has 0 aromatic heterocycles. The molecule has 0 aromatic rings. The van der Waals surface area contributed by atoms with E-state index in [1.54, 1.807) is 0 Å². The summed E-state index contributed by atoms with van der Waals surface area (Å²) in [6, 6.07) is -0.275. The summed E-state index contributed by atoms with van der Waals surface area (Å²) in [5.74, 6) is 0.257. The van der Waals surface area contributed by atoms with Gasteiger partial charge in [0.1, 0.15) is 0 Å². The van der Waals surface area contributed by atoms with Crippen LogP contribution in [0.3, 0.4) is 0 Å². The van der Waals surface area contributed by atoms with Crippen molar-refractivity contribution in [1.29, 1.82) is 0 Å². The Morgan fingerprint density at radius 2 is 2.15 bits per heavy atom. The minimum Gasteiger partial charge on any atom is -0.395 e. The second-order valence-corrected chi connectivity index (χ2v) is 7.37. The zero-order valence-corrected chi connectivity index (χ0v) is 12.9. The first kappa shape index (κ1) is 16.2. The minimum atomic E-state index is -3.50. The Morgan fingerprint density at radius 1 is 1.35 bits per heavy atom. The number of aliphatic hydroxyl groups excluding tert-OH is 1. The van der Waals surface area contributed by atoms with Crippen LogP contribution in [0.2, 0.25) is 0 Å². The maximum absolute atomic E-state index is 12.4. The lowest BCUT2D eigenvalue weighted by Crippen LogP contribution is -2.51. The molecule has 0 amide bonds. The molecule has 0 aromatic carbocycles. The Morgan fingerprint density at radius 3 is 2.85 bits per heavy atom. The van der Waals surface area contributed by atoms with Crippen LogP contribution in [0.5, 0.6) is 0 Å². The summed E-state index contributed by atoms with van der Waals surface area (Å²) in [7, 11) is -3.50. The number of hydrogen-bond donors (Lipinski definition) is 2. The van der Waals surface area contributed by atoms with Gasteiger partial charge in [-0.05, 0) is 25.7 Å². The van der Waals surface area contributed by atoms with Gasteiger partial charge in [-0.2, -0.15) is 12.7 Å². The molecule has 6 nitrogen and oxygen atoms in total. The quantitative estimate of drug-likeness (QED) is 0.748. The van der Waals surface area contributed by atoms with E-state index in [0.717, 1.165) is 32.1 Å². The molecule has 0 aliphatic carbocycles. The van der Waals surface area contributed by atoms with E-state index in [1.807, 2.05) is 0 Å². The first-order chi connectivity index (χ1) is 9.58. The predicted molar refractivity (Wildman–Crippen MR) is 76.5 cm³/mol. The van der Waals surface area contributed by atoms with Crippen LogP contribution in [0.4, 0.5) is 0 Å². The maximum atomic E-state index is 12.4. The summed E-state index contributed by atoms with van der Waals surface area (Å²) in [5, 5.41) is 9.33. The molecule has 0 bridgehead atoms. The smallest absolute Gasteiger partial charge is 0.279 e. The molecular weight excluding hydrogens is 280 g/mol. The zero-order chi connectivity index (χ0) is 14.6. The van der Waals surface area contributed by atoms with Gasteiger partial charge < -0.3 is 9.84 Å². The van der Waals surface area contributed by atoms with Gasteiger partial charge in [0.15, 0.2) is 0 Å². The van der Waals surface area contributed by atoms with Crippen LogP contribution < -0.4 is 4.72 Å². The molecule has 3 atom stereocenters. The largest absolute Gasteiger partial charge is 0.395 e. The first-order valence-electron chi connectivity index (χ1n) is 7.57. The summed E-state index contributed by atoms with van der Waals surface area (Å²) in [5.41, 5.74) is 0. The number of rotatable bonds is 6. The SMILES string of the molecule is CCC1OCCC1CNS(=O)(=O)N1CCCCC1CO. The van der Waals surface area contributed by atoms with Crippen molar-refractivity contribution >= 4 is 10.2 Å². The molecule has 2 rings (SSSR count). The number of nitrogens with one attached hydrogen (secondary N) is 1. The van der Waals surface area contributed by atoms with Crippen LogP contribution in [0.25, 0.3) is 0 Å². The lowest BCUT2D eigenvalue weighted by molar-refractivity contribution is 0.0882. The van der Waals surface area contributed by atoms with E-state index in [0.29, 0.717) is 19.7 Å². The van der Waals surface area contributed by atoms with Gasteiger partial charge in [-0.3, -0.25) is 0 Å². The molecule has 2 fully saturated rings. The van der Waals surface area contributed by atoms with Crippen molar-refractivity contribution in [2.75, 3.05) is 26.3 Å². The average Bonchev–Trinajstić information content (AvgIpc) is 2.92. The van der Waals surface area contributed by atoms with Crippen LogP contribution in [0.15, 0.2) is 0 Å². The van der Waals surface area contributed by atoms with Crippen molar-refractivity contribution in [3.8, 4) is 0 Å². The van der Waals surface area contributed by atoms with E-state index in [4.69, 9.17) is 4.74 Å². The third kappa shape index (κ3) is 3.71. The van der Waals surface area contributed by atoms with Crippen molar-refractivity contribution in [3.05, 3.63) is 0 Å². The second kappa shape index (κ2) is 7.17. The zero-order valence-electron chi connectivity index (χ0n) is 12.1. The standard InChI is InChI=1S/C13H26N2O4S/c1-2-13-11(6-8-19-13)9-14-20(17,18)15-7-4-3-5-12(15)10-16/h11-14,16H,2-10H2,1H3. The van der Waals surface area contributed by atoms with Gasteiger partial charge in [0.05, 0.1) is 12.7 Å². The topological polar surface area (TPSA) is 78.9 Å². The van der Waals surface area contributed by atoms with Gasteiger partial charge in [0, 0.05) is 31.7 Å². The fraction of sp³-hybridized carbons (Fsp3) is 1.00. The summed E-state index contributed by atoms with van der Waals surface area (Å²) in [4.78, 5) is 0. The lowest BCUT2D eigenvalue weighted by atomic mass is 10.0. The van der Waals surface area contributed by atoms with Gasteiger partial charge in [-0.25, -0.2) is 4.72 Å². The Bertz CT molecular complexity index is 401. The van der Waals surface area contributed by atoms with E-state index in [9.17, 15) is 13.5 Å². The fourth-order valence-corrected chi connectivity index (χ4v) is 4.67. The molecule has 2 heterocycles. The molecule has 3 unspecified atom stereocenters. The Hall–Kier alpha value is -0.210. The monoisotopic (exact) mass is 306 g/mol. The molecule has 20 heavy (non-hydrogen) atoms. The molecule has 0 saturated carbocycles.